The Kier molecular flexibility index (Phi) is 3.84. The zero-order valence-electron chi connectivity index (χ0n) is 10.2. The Morgan fingerprint density at radius 3 is 2.61 bits per heavy atom. The normalized spacial score (nSPS) is 24.0. The van der Waals surface area contributed by atoms with Crippen molar-refractivity contribution in [2.75, 3.05) is 24.6 Å². The number of rotatable bonds is 3. The molecule has 0 amide bonds. The number of carboxylic acid groups (broad SMARTS) is 1. The summed E-state index contributed by atoms with van der Waals surface area (Å²) in [5.41, 5.74) is 1.23. The van der Waals surface area contributed by atoms with Gasteiger partial charge in [0.05, 0.1) is 24.4 Å². The van der Waals surface area contributed by atoms with Crippen molar-refractivity contribution in [2.24, 2.45) is 0 Å². The Balaban J connectivity index is 2.12. The lowest BCUT2D eigenvalue weighted by Gasteiger charge is -2.37. The molecule has 1 aliphatic rings. The molecule has 2 atom stereocenters. The first kappa shape index (κ1) is 12.9. The van der Waals surface area contributed by atoms with Crippen molar-refractivity contribution in [3.8, 4) is 0 Å². The van der Waals surface area contributed by atoms with E-state index >= 15 is 0 Å². The molecule has 1 aliphatic heterocycles. The van der Waals surface area contributed by atoms with Gasteiger partial charge in [-0.25, -0.2) is 4.79 Å². The molecule has 2 unspecified atom stereocenters. The highest BCUT2D eigenvalue weighted by atomic mass is 16.5. The van der Waals surface area contributed by atoms with Crippen LogP contribution in [0.5, 0.6) is 0 Å². The van der Waals surface area contributed by atoms with Gasteiger partial charge in [-0.05, 0) is 31.2 Å². The number of aliphatic hydroxyl groups excluding tert-OH is 1. The highest BCUT2D eigenvalue weighted by molar-refractivity contribution is 5.88. The van der Waals surface area contributed by atoms with Crippen LogP contribution in [0.25, 0.3) is 0 Å². The lowest BCUT2D eigenvalue weighted by atomic mass is 10.1. The molecular weight excluding hydrogens is 234 g/mol. The van der Waals surface area contributed by atoms with Gasteiger partial charge in [0, 0.05) is 18.8 Å². The van der Waals surface area contributed by atoms with E-state index in [1.165, 1.54) is 0 Å². The maximum atomic E-state index is 10.8. The van der Waals surface area contributed by atoms with Crippen molar-refractivity contribution in [3.05, 3.63) is 29.8 Å². The lowest BCUT2D eigenvalue weighted by Crippen LogP contribution is -2.48. The molecule has 2 N–H and O–H groups in total. The minimum Gasteiger partial charge on any atom is -0.478 e. The monoisotopic (exact) mass is 251 g/mol. The number of aromatic carboxylic acids is 1. The van der Waals surface area contributed by atoms with E-state index in [0.717, 1.165) is 12.2 Å². The molecule has 1 fully saturated rings. The second-order valence-corrected chi connectivity index (χ2v) is 4.51. The van der Waals surface area contributed by atoms with Crippen LogP contribution in [0.15, 0.2) is 24.3 Å². The van der Waals surface area contributed by atoms with Gasteiger partial charge < -0.3 is 19.8 Å². The molecule has 1 heterocycles. The van der Waals surface area contributed by atoms with Crippen molar-refractivity contribution < 1.29 is 19.7 Å². The van der Waals surface area contributed by atoms with Gasteiger partial charge in [0.1, 0.15) is 0 Å². The predicted molar refractivity (Wildman–Crippen MR) is 67.0 cm³/mol. The van der Waals surface area contributed by atoms with Gasteiger partial charge in [-0.1, -0.05) is 0 Å². The first-order valence-electron chi connectivity index (χ1n) is 5.94. The molecule has 1 aromatic carbocycles. The largest absolute Gasteiger partial charge is 0.478 e. The fourth-order valence-electron chi connectivity index (χ4n) is 2.17. The topological polar surface area (TPSA) is 70.0 Å². The third-order valence-electron chi connectivity index (χ3n) is 3.01. The predicted octanol–water partition coefficient (Wildman–Crippen LogP) is 0.971. The Labute approximate surface area is 106 Å². The third kappa shape index (κ3) is 2.80. The summed E-state index contributed by atoms with van der Waals surface area (Å²) >= 11 is 0. The van der Waals surface area contributed by atoms with Crippen molar-refractivity contribution in [1.82, 2.24) is 0 Å². The molecule has 5 heteroatoms. The van der Waals surface area contributed by atoms with E-state index < -0.39 is 5.97 Å². The molecule has 1 saturated heterocycles. The number of nitrogens with zero attached hydrogens (tertiary/aromatic N) is 1. The maximum absolute atomic E-state index is 10.8. The molecule has 0 aliphatic carbocycles. The molecule has 98 valence electrons. The molecule has 0 spiro atoms. The van der Waals surface area contributed by atoms with Gasteiger partial charge >= 0.3 is 5.97 Å². The summed E-state index contributed by atoms with van der Waals surface area (Å²) in [5.74, 6) is -0.926. The van der Waals surface area contributed by atoms with Gasteiger partial charge in [0.15, 0.2) is 0 Å². The number of aliphatic hydroxyl groups is 1. The molecule has 0 aromatic heterocycles. The molecule has 5 nitrogen and oxygen atoms in total. The Hall–Kier alpha value is -1.59. The van der Waals surface area contributed by atoms with Crippen LogP contribution in [0.3, 0.4) is 0 Å². The number of hydrogen-bond donors (Lipinski definition) is 2. The zero-order valence-corrected chi connectivity index (χ0v) is 10.2. The van der Waals surface area contributed by atoms with Crippen molar-refractivity contribution >= 4 is 11.7 Å². The SMILES string of the molecule is CC1CN(c2ccc(C(=O)O)cc2)CC(CO)O1. The van der Waals surface area contributed by atoms with Crippen LogP contribution in [-0.4, -0.2) is 48.1 Å². The fraction of sp³-hybridized carbons (Fsp3) is 0.462. The van der Waals surface area contributed by atoms with Crippen LogP contribution < -0.4 is 4.90 Å². The number of morpholine rings is 1. The first-order chi connectivity index (χ1) is 8.60. The third-order valence-corrected chi connectivity index (χ3v) is 3.01. The fourth-order valence-corrected chi connectivity index (χ4v) is 2.17. The van der Waals surface area contributed by atoms with Crippen LogP contribution in [0.4, 0.5) is 5.69 Å². The number of benzene rings is 1. The quantitative estimate of drug-likeness (QED) is 0.837. The molecule has 0 radical (unpaired) electrons. The van der Waals surface area contributed by atoms with Gasteiger partial charge in [0.2, 0.25) is 0 Å². The highest BCUT2D eigenvalue weighted by Crippen LogP contribution is 2.20. The Bertz CT molecular complexity index is 418. The van der Waals surface area contributed by atoms with E-state index in [9.17, 15) is 4.79 Å². The van der Waals surface area contributed by atoms with E-state index in [0.29, 0.717) is 6.54 Å². The molecule has 2 rings (SSSR count). The summed E-state index contributed by atoms with van der Waals surface area (Å²) in [6.45, 7) is 3.31. The van der Waals surface area contributed by atoms with Crippen molar-refractivity contribution in [1.29, 1.82) is 0 Å². The minimum atomic E-state index is -0.926. The number of carbonyl (C=O) groups is 1. The average Bonchev–Trinajstić information content (AvgIpc) is 2.38. The van der Waals surface area contributed by atoms with Gasteiger partial charge in [-0.15, -0.1) is 0 Å². The van der Waals surface area contributed by atoms with E-state index in [1.54, 1.807) is 24.3 Å². The minimum absolute atomic E-state index is 0.00590. The van der Waals surface area contributed by atoms with Crippen LogP contribution in [0, 0.1) is 0 Å². The smallest absolute Gasteiger partial charge is 0.335 e. The number of hydrogen-bond acceptors (Lipinski definition) is 4. The molecule has 0 bridgehead atoms. The maximum Gasteiger partial charge on any atom is 0.335 e. The van der Waals surface area contributed by atoms with E-state index in [1.807, 2.05) is 6.92 Å². The summed E-state index contributed by atoms with van der Waals surface area (Å²) in [4.78, 5) is 12.9. The Morgan fingerprint density at radius 2 is 2.06 bits per heavy atom. The van der Waals surface area contributed by atoms with Gasteiger partial charge in [-0.2, -0.15) is 0 Å². The second kappa shape index (κ2) is 5.37. The number of anilines is 1. The summed E-state index contributed by atoms with van der Waals surface area (Å²) in [5, 5.41) is 18.0. The van der Waals surface area contributed by atoms with Crippen LogP contribution in [-0.2, 0) is 4.74 Å². The molecule has 1 aromatic rings. The van der Waals surface area contributed by atoms with Crippen LogP contribution in [0.1, 0.15) is 17.3 Å². The summed E-state index contributed by atoms with van der Waals surface area (Å²) in [6, 6.07) is 6.75. The van der Waals surface area contributed by atoms with Crippen LogP contribution >= 0.6 is 0 Å². The Morgan fingerprint density at radius 1 is 1.39 bits per heavy atom. The summed E-state index contributed by atoms with van der Waals surface area (Å²) < 4.78 is 5.56. The van der Waals surface area contributed by atoms with Crippen molar-refractivity contribution in [3.63, 3.8) is 0 Å². The van der Waals surface area contributed by atoms with E-state index in [-0.39, 0.29) is 24.4 Å². The highest BCUT2D eigenvalue weighted by Gasteiger charge is 2.24. The van der Waals surface area contributed by atoms with Crippen molar-refractivity contribution in [2.45, 2.75) is 19.1 Å². The van der Waals surface area contributed by atoms with Gasteiger partial charge in [0.25, 0.3) is 0 Å². The molecule has 0 saturated carbocycles. The van der Waals surface area contributed by atoms with Crippen LogP contribution in [0.2, 0.25) is 0 Å². The van der Waals surface area contributed by atoms with E-state index in [4.69, 9.17) is 14.9 Å². The van der Waals surface area contributed by atoms with Gasteiger partial charge in [-0.3, -0.25) is 0 Å². The first-order valence-corrected chi connectivity index (χ1v) is 5.94. The molecule has 18 heavy (non-hydrogen) atoms. The zero-order chi connectivity index (χ0) is 13.1. The second-order valence-electron chi connectivity index (χ2n) is 4.51. The van der Waals surface area contributed by atoms with E-state index in [2.05, 4.69) is 4.90 Å². The number of ether oxygens (including phenoxy) is 1. The number of carboxylic acids is 1. The standard InChI is InChI=1S/C13H17NO4/c1-9-6-14(7-12(8-15)18-9)11-4-2-10(3-5-11)13(16)17/h2-5,9,12,15H,6-8H2,1H3,(H,16,17). The summed E-state index contributed by atoms with van der Waals surface area (Å²) in [7, 11) is 0. The summed E-state index contributed by atoms with van der Waals surface area (Å²) in [6.07, 6.45) is -0.136. The molecular formula is C13H17NO4. The average molecular weight is 251 g/mol. The lowest BCUT2D eigenvalue weighted by molar-refractivity contribution is -0.0421.